The standard InChI is InChI=1S/C17H17BrN4O2S/c1-3-24-16(23)11-8(2)20-15-13(14(19)21-17(25)22-15)12(11)9-5-4-6-10(18)7-9/h4-7,12H,3H2,1-2H3,(H4,19,20,21,22,25). The number of nitrogens with zero attached hydrogens (tertiary/aromatic N) is 1. The maximum Gasteiger partial charge on any atom is 0.336 e. The van der Waals surface area contributed by atoms with Gasteiger partial charge in [0.2, 0.25) is 0 Å². The van der Waals surface area contributed by atoms with E-state index < -0.39 is 5.92 Å². The lowest BCUT2D eigenvalue weighted by molar-refractivity contribution is -0.138. The van der Waals surface area contributed by atoms with Crippen LogP contribution in [0.4, 0.5) is 11.6 Å². The second-order valence-electron chi connectivity index (χ2n) is 5.59. The van der Waals surface area contributed by atoms with Gasteiger partial charge in [-0.05, 0) is 43.8 Å². The highest BCUT2D eigenvalue weighted by Crippen LogP contribution is 2.43. The first-order valence-corrected chi connectivity index (χ1v) is 8.92. The predicted molar refractivity (Wildman–Crippen MR) is 103 cm³/mol. The monoisotopic (exact) mass is 420 g/mol. The van der Waals surface area contributed by atoms with Gasteiger partial charge < -0.3 is 20.8 Å². The van der Waals surface area contributed by atoms with Crippen molar-refractivity contribution in [2.45, 2.75) is 19.8 Å². The molecule has 8 heteroatoms. The topological polar surface area (TPSA) is 93.0 Å². The summed E-state index contributed by atoms with van der Waals surface area (Å²) in [5.41, 5.74) is 8.96. The number of aromatic amines is 1. The van der Waals surface area contributed by atoms with E-state index in [1.165, 1.54) is 0 Å². The number of aromatic nitrogens is 2. The molecule has 0 bridgehead atoms. The molecule has 1 aromatic heterocycles. The van der Waals surface area contributed by atoms with Crippen molar-refractivity contribution in [3.8, 4) is 0 Å². The number of ether oxygens (including phenoxy) is 1. The maximum absolute atomic E-state index is 12.6. The number of rotatable bonds is 3. The number of carbonyl (C=O) groups is 1. The summed E-state index contributed by atoms with van der Waals surface area (Å²) in [6, 6.07) is 7.73. The van der Waals surface area contributed by atoms with Crippen LogP contribution in [-0.2, 0) is 9.53 Å². The number of allylic oxidation sites excluding steroid dienone is 1. The molecular formula is C17H17BrN4O2S. The fourth-order valence-corrected chi connectivity index (χ4v) is 3.61. The summed E-state index contributed by atoms with van der Waals surface area (Å²) in [7, 11) is 0. The molecule has 25 heavy (non-hydrogen) atoms. The molecule has 0 saturated heterocycles. The summed E-state index contributed by atoms with van der Waals surface area (Å²) >= 11 is 8.60. The highest BCUT2D eigenvalue weighted by Gasteiger charge is 2.35. The lowest BCUT2D eigenvalue weighted by atomic mass is 9.82. The van der Waals surface area contributed by atoms with Gasteiger partial charge in [-0.3, -0.25) is 0 Å². The molecule has 0 radical (unpaired) electrons. The van der Waals surface area contributed by atoms with Gasteiger partial charge in [-0.1, -0.05) is 28.1 Å². The number of nitrogens with two attached hydrogens (primary N) is 1. The van der Waals surface area contributed by atoms with Crippen LogP contribution >= 0.6 is 28.1 Å². The van der Waals surface area contributed by atoms with Crippen molar-refractivity contribution < 1.29 is 9.53 Å². The Morgan fingerprint density at radius 1 is 1.48 bits per heavy atom. The van der Waals surface area contributed by atoms with E-state index in [0.29, 0.717) is 35.1 Å². The Labute approximate surface area is 158 Å². The summed E-state index contributed by atoms with van der Waals surface area (Å²) in [6.07, 6.45) is 0. The van der Waals surface area contributed by atoms with E-state index in [0.717, 1.165) is 10.0 Å². The summed E-state index contributed by atoms with van der Waals surface area (Å²) in [5, 5.41) is 3.13. The molecule has 1 aromatic carbocycles. The molecule has 4 N–H and O–H groups in total. The normalized spacial score (nSPS) is 16.2. The van der Waals surface area contributed by atoms with Crippen LogP contribution in [0.1, 0.15) is 30.9 Å². The van der Waals surface area contributed by atoms with Crippen LogP contribution in [0.3, 0.4) is 0 Å². The number of hydrogen-bond donors (Lipinski definition) is 3. The number of hydrogen-bond acceptors (Lipinski definition) is 6. The second-order valence-corrected chi connectivity index (χ2v) is 6.89. The van der Waals surface area contributed by atoms with Gasteiger partial charge in [-0.25, -0.2) is 9.78 Å². The molecule has 1 aliphatic rings. The zero-order valence-electron chi connectivity index (χ0n) is 13.7. The van der Waals surface area contributed by atoms with Crippen molar-refractivity contribution in [3.05, 3.63) is 55.9 Å². The SMILES string of the molecule is CCOC(=O)C1=C(C)Nc2nc(=S)[nH]c(N)c2C1c1cccc(Br)c1. The zero-order valence-corrected chi connectivity index (χ0v) is 16.1. The Kier molecular flexibility index (Phi) is 4.91. The largest absolute Gasteiger partial charge is 0.463 e. The number of anilines is 2. The smallest absolute Gasteiger partial charge is 0.336 e. The van der Waals surface area contributed by atoms with Gasteiger partial charge in [-0.15, -0.1) is 0 Å². The Morgan fingerprint density at radius 3 is 2.92 bits per heavy atom. The van der Waals surface area contributed by atoms with Crippen LogP contribution in [0.15, 0.2) is 40.0 Å². The molecule has 6 nitrogen and oxygen atoms in total. The Balaban J connectivity index is 2.28. The van der Waals surface area contributed by atoms with Crippen LogP contribution in [0.25, 0.3) is 0 Å². The average molecular weight is 421 g/mol. The van der Waals surface area contributed by atoms with Crippen molar-refractivity contribution in [2.24, 2.45) is 0 Å². The lowest BCUT2D eigenvalue weighted by Gasteiger charge is -2.30. The minimum absolute atomic E-state index is 0.282. The molecule has 3 rings (SSSR count). The quantitative estimate of drug-likeness (QED) is 0.515. The van der Waals surface area contributed by atoms with E-state index in [2.05, 4.69) is 31.2 Å². The van der Waals surface area contributed by atoms with Gasteiger partial charge in [0.25, 0.3) is 0 Å². The van der Waals surface area contributed by atoms with E-state index in [4.69, 9.17) is 22.7 Å². The number of halogens is 1. The third-order valence-electron chi connectivity index (χ3n) is 3.96. The number of H-pyrrole nitrogens is 1. The van der Waals surface area contributed by atoms with E-state index in [1.54, 1.807) is 6.92 Å². The van der Waals surface area contributed by atoms with Gasteiger partial charge in [0, 0.05) is 15.7 Å². The molecule has 1 unspecified atom stereocenters. The van der Waals surface area contributed by atoms with Crippen molar-refractivity contribution in [1.82, 2.24) is 9.97 Å². The van der Waals surface area contributed by atoms with Crippen LogP contribution < -0.4 is 11.1 Å². The molecule has 1 atom stereocenters. The van der Waals surface area contributed by atoms with Gasteiger partial charge in [0.05, 0.1) is 18.1 Å². The van der Waals surface area contributed by atoms with Gasteiger partial charge in [-0.2, -0.15) is 0 Å². The van der Waals surface area contributed by atoms with Crippen LogP contribution in [0.2, 0.25) is 0 Å². The van der Waals surface area contributed by atoms with Crippen molar-refractivity contribution in [1.29, 1.82) is 0 Å². The van der Waals surface area contributed by atoms with Crippen molar-refractivity contribution in [2.75, 3.05) is 17.7 Å². The molecular weight excluding hydrogens is 404 g/mol. The third kappa shape index (κ3) is 3.32. The number of esters is 1. The minimum Gasteiger partial charge on any atom is -0.463 e. The van der Waals surface area contributed by atoms with Crippen LogP contribution in [-0.4, -0.2) is 22.5 Å². The summed E-state index contributed by atoms with van der Waals surface area (Å²) < 4.78 is 6.46. The van der Waals surface area contributed by atoms with Crippen molar-refractivity contribution in [3.63, 3.8) is 0 Å². The Hall–Kier alpha value is -2.19. The number of nitrogens with one attached hydrogen (secondary N) is 2. The van der Waals surface area contributed by atoms with E-state index >= 15 is 0 Å². The predicted octanol–water partition coefficient (Wildman–Crippen LogP) is 3.88. The van der Waals surface area contributed by atoms with Crippen LogP contribution in [0.5, 0.6) is 0 Å². The fraction of sp³-hybridized carbons (Fsp3) is 0.235. The average Bonchev–Trinajstić information content (AvgIpc) is 2.53. The number of carbonyl (C=O) groups excluding carboxylic acids is 1. The lowest BCUT2D eigenvalue weighted by Crippen LogP contribution is -2.26. The van der Waals surface area contributed by atoms with Gasteiger partial charge in [0.15, 0.2) is 4.77 Å². The van der Waals surface area contributed by atoms with Gasteiger partial charge in [0.1, 0.15) is 11.6 Å². The first-order valence-electron chi connectivity index (χ1n) is 7.72. The highest BCUT2D eigenvalue weighted by atomic mass is 79.9. The Bertz CT molecular complexity index is 938. The van der Waals surface area contributed by atoms with E-state index in [9.17, 15) is 4.79 Å². The molecule has 0 saturated carbocycles. The molecule has 0 aliphatic carbocycles. The molecule has 0 amide bonds. The minimum atomic E-state index is -0.410. The summed E-state index contributed by atoms with van der Waals surface area (Å²) in [5.74, 6) is 0.135. The summed E-state index contributed by atoms with van der Waals surface area (Å²) in [4.78, 5) is 19.8. The fourth-order valence-electron chi connectivity index (χ4n) is 2.99. The maximum atomic E-state index is 12.6. The van der Waals surface area contributed by atoms with E-state index in [1.807, 2.05) is 31.2 Å². The molecule has 1 aliphatic heterocycles. The number of benzene rings is 1. The van der Waals surface area contributed by atoms with Crippen molar-refractivity contribution >= 4 is 45.8 Å². The number of nitrogen functional groups attached to an aromatic ring is 1. The first-order chi connectivity index (χ1) is 11.9. The molecule has 0 spiro atoms. The summed E-state index contributed by atoms with van der Waals surface area (Å²) in [6.45, 7) is 3.88. The Morgan fingerprint density at radius 2 is 2.24 bits per heavy atom. The zero-order chi connectivity index (χ0) is 18.1. The van der Waals surface area contributed by atoms with Gasteiger partial charge >= 0.3 is 5.97 Å². The second kappa shape index (κ2) is 6.97. The third-order valence-corrected chi connectivity index (χ3v) is 4.65. The molecule has 2 heterocycles. The first kappa shape index (κ1) is 17.6. The van der Waals surface area contributed by atoms with E-state index in [-0.39, 0.29) is 10.7 Å². The molecule has 130 valence electrons. The number of fused-ring (bicyclic) bond motifs is 1. The molecule has 0 fully saturated rings. The highest BCUT2D eigenvalue weighted by molar-refractivity contribution is 9.10. The molecule has 2 aromatic rings. The van der Waals surface area contributed by atoms with Crippen LogP contribution in [0, 0.1) is 4.77 Å².